The Hall–Kier alpha value is -2.28. The Bertz CT molecular complexity index is 512. The fraction of sp³-hybridized carbons (Fsp3) is 0.0833. The molecule has 0 spiro atoms. The molecule has 1 aromatic heterocycles. The molecule has 0 fully saturated rings. The first-order valence-electron chi connectivity index (χ1n) is 4.85. The summed E-state index contributed by atoms with van der Waals surface area (Å²) in [5.74, 6) is -0.491. The summed E-state index contributed by atoms with van der Waals surface area (Å²) in [7, 11) is 0. The molecule has 2 aromatic rings. The lowest BCUT2D eigenvalue weighted by molar-refractivity contribution is 0.624. The van der Waals surface area contributed by atoms with Gasteiger partial charge in [0.2, 0.25) is 0 Å². The number of rotatable bonds is 3. The van der Waals surface area contributed by atoms with E-state index in [0.717, 1.165) is 11.3 Å². The lowest BCUT2D eigenvalue weighted by Gasteiger charge is -2.05. The van der Waals surface area contributed by atoms with Crippen LogP contribution in [0.2, 0.25) is 0 Å². The second kappa shape index (κ2) is 4.49. The van der Waals surface area contributed by atoms with Crippen LogP contribution >= 0.6 is 0 Å². The predicted molar refractivity (Wildman–Crippen MR) is 59.2 cm³/mol. The molecule has 0 atom stereocenters. The Labute approximate surface area is 92.5 Å². The van der Waals surface area contributed by atoms with Gasteiger partial charge in [-0.2, -0.15) is 5.26 Å². The zero-order valence-corrected chi connectivity index (χ0v) is 8.50. The number of anilines is 1. The van der Waals surface area contributed by atoms with Crippen molar-refractivity contribution in [1.29, 1.82) is 5.26 Å². The largest absolute Gasteiger partial charge is 0.381 e. The summed E-state index contributed by atoms with van der Waals surface area (Å²) < 4.78 is 13.0. The number of nitrogens with zero attached hydrogens (tertiary/aromatic N) is 1. The molecule has 0 saturated heterocycles. The number of hydrogen-bond donors (Lipinski definition) is 2. The average molecular weight is 215 g/mol. The fourth-order valence-electron chi connectivity index (χ4n) is 1.39. The molecule has 2 N–H and O–H groups in total. The number of aromatic nitrogens is 1. The van der Waals surface area contributed by atoms with Gasteiger partial charge < -0.3 is 10.3 Å². The molecule has 16 heavy (non-hydrogen) atoms. The second-order valence-corrected chi connectivity index (χ2v) is 3.38. The van der Waals surface area contributed by atoms with Gasteiger partial charge in [-0.1, -0.05) is 0 Å². The van der Waals surface area contributed by atoms with Gasteiger partial charge in [-0.05, 0) is 29.8 Å². The van der Waals surface area contributed by atoms with E-state index >= 15 is 0 Å². The second-order valence-electron chi connectivity index (χ2n) is 3.38. The van der Waals surface area contributed by atoms with E-state index in [4.69, 9.17) is 5.26 Å². The quantitative estimate of drug-likeness (QED) is 0.826. The Morgan fingerprint density at radius 1 is 1.38 bits per heavy atom. The number of hydrogen-bond acceptors (Lipinski definition) is 2. The first-order valence-corrected chi connectivity index (χ1v) is 4.85. The SMILES string of the molecule is N#Cc1cc(NCc2cc[nH]c2)ccc1F. The number of nitriles is 1. The minimum atomic E-state index is -0.491. The minimum absolute atomic E-state index is 0.0547. The van der Waals surface area contributed by atoms with Gasteiger partial charge in [-0.3, -0.25) is 0 Å². The van der Waals surface area contributed by atoms with Gasteiger partial charge in [-0.15, -0.1) is 0 Å². The summed E-state index contributed by atoms with van der Waals surface area (Å²) in [6, 6.07) is 8.16. The third-order valence-corrected chi connectivity index (χ3v) is 2.25. The molecule has 0 radical (unpaired) electrons. The van der Waals surface area contributed by atoms with Crippen molar-refractivity contribution in [3.8, 4) is 6.07 Å². The molecular formula is C12H10FN3. The molecule has 3 nitrogen and oxygen atoms in total. The Balaban J connectivity index is 2.08. The number of aromatic amines is 1. The van der Waals surface area contributed by atoms with E-state index in [-0.39, 0.29) is 5.56 Å². The summed E-state index contributed by atoms with van der Waals surface area (Å²) in [4.78, 5) is 2.95. The van der Waals surface area contributed by atoms with Crippen LogP contribution in [-0.2, 0) is 6.54 Å². The van der Waals surface area contributed by atoms with Crippen molar-refractivity contribution < 1.29 is 4.39 Å². The van der Waals surface area contributed by atoms with Crippen LogP contribution in [0, 0.1) is 17.1 Å². The summed E-state index contributed by atoms with van der Waals surface area (Å²) >= 11 is 0. The van der Waals surface area contributed by atoms with E-state index in [2.05, 4.69) is 10.3 Å². The van der Waals surface area contributed by atoms with E-state index in [1.165, 1.54) is 12.1 Å². The number of benzene rings is 1. The van der Waals surface area contributed by atoms with Gasteiger partial charge in [0.05, 0.1) is 5.56 Å². The summed E-state index contributed by atoms with van der Waals surface area (Å²) in [5, 5.41) is 11.8. The molecule has 0 aliphatic heterocycles. The average Bonchev–Trinajstić information content (AvgIpc) is 2.81. The number of nitrogens with one attached hydrogen (secondary N) is 2. The van der Waals surface area contributed by atoms with E-state index < -0.39 is 5.82 Å². The highest BCUT2D eigenvalue weighted by molar-refractivity contribution is 5.50. The van der Waals surface area contributed by atoms with Gasteiger partial charge in [0.25, 0.3) is 0 Å². The topological polar surface area (TPSA) is 51.6 Å². The molecule has 4 heteroatoms. The highest BCUT2D eigenvalue weighted by Crippen LogP contribution is 2.14. The van der Waals surface area contributed by atoms with Crippen molar-refractivity contribution in [2.45, 2.75) is 6.54 Å². The third-order valence-electron chi connectivity index (χ3n) is 2.25. The highest BCUT2D eigenvalue weighted by atomic mass is 19.1. The Morgan fingerprint density at radius 3 is 2.94 bits per heavy atom. The lowest BCUT2D eigenvalue weighted by Crippen LogP contribution is -1.99. The maximum atomic E-state index is 13.0. The van der Waals surface area contributed by atoms with Crippen molar-refractivity contribution in [2.75, 3.05) is 5.32 Å². The third kappa shape index (κ3) is 2.20. The van der Waals surface area contributed by atoms with Gasteiger partial charge in [-0.25, -0.2) is 4.39 Å². The van der Waals surface area contributed by atoms with E-state index in [9.17, 15) is 4.39 Å². The molecule has 1 aromatic carbocycles. The van der Waals surface area contributed by atoms with Gasteiger partial charge in [0.1, 0.15) is 11.9 Å². The molecule has 2 rings (SSSR count). The molecule has 1 heterocycles. The first kappa shape index (κ1) is 10.2. The molecular weight excluding hydrogens is 205 g/mol. The standard InChI is InChI=1S/C12H10FN3/c13-12-2-1-11(5-10(12)6-14)16-8-9-3-4-15-7-9/h1-5,7,15-16H,8H2. The predicted octanol–water partition coefficient (Wildman–Crippen LogP) is 2.64. The van der Waals surface area contributed by atoms with Crippen LogP contribution in [0.25, 0.3) is 0 Å². The molecule has 0 unspecified atom stereocenters. The summed E-state index contributed by atoms with van der Waals surface area (Å²) in [6.07, 6.45) is 3.71. The molecule has 0 aliphatic carbocycles. The van der Waals surface area contributed by atoms with Crippen molar-refractivity contribution in [1.82, 2.24) is 4.98 Å². The van der Waals surface area contributed by atoms with Gasteiger partial charge >= 0.3 is 0 Å². The normalized spacial score (nSPS) is 9.75. The van der Waals surface area contributed by atoms with E-state index in [0.29, 0.717) is 6.54 Å². The fourth-order valence-corrected chi connectivity index (χ4v) is 1.39. The summed E-state index contributed by atoms with van der Waals surface area (Å²) in [6.45, 7) is 0.639. The maximum Gasteiger partial charge on any atom is 0.141 e. The number of H-pyrrole nitrogens is 1. The molecule has 80 valence electrons. The van der Waals surface area contributed by atoms with E-state index in [1.54, 1.807) is 6.07 Å². The van der Waals surface area contributed by atoms with Crippen molar-refractivity contribution in [3.05, 3.63) is 53.6 Å². The highest BCUT2D eigenvalue weighted by Gasteiger charge is 2.02. The van der Waals surface area contributed by atoms with Crippen LogP contribution in [0.15, 0.2) is 36.7 Å². The molecule has 0 saturated carbocycles. The van der Waals surface area contributed by atoms with Crippen LogP contribution in [0.4, 0.5) is 10.1 Å². The number of halogens is 1. The molecule has 0 aliphatic rings. The smallest absolute Gasteiger partial charge is 0.141 e. The maximum absolute atomic E-state index is 13.0. The van der Waals surface area contributed by atoms with Crippen LogP contribution in [0.5, 0.6) is 0 Å². The summed E-state index contributed by atoms with van der Waals surface area (Å²) in [5.41, 5.74) is 1.89. The zero-order chi connectivity index (χ0) is 11.4. The zero-order valence-electron chi connectivity index (χ0n) is 8.50. The minimum Gasteiger partial charge on any atom is -0.381 e. The lowest BCUT2D eigenvalue weighted by atomic mass is 10.2. The Kier molecular flexibility index (Phi) is 2.88. The molecule has 0 amide bonds. The van der Waals surface area contributed by atoms with Crippen molar-refractivity contribution in [2.24, 2.45) is 0 Å². The van der Waals surface area contributed by atoms with Crippen molar-refractivity contribution in [3.63, 3.8) is 0 Å². The Morgan fingerprint density at radius 2 is 2.25 bits per heavy atom. The van der Waals surface area contributed by atoms with Gasteiger partial charge in [0, 0.05) is 24.6 Å². The van der Waals surface area contributed by atoms with Crippen LogP contribution < -0.4 is 5.32 Å². The van der Waals surface area contributed by atoms with Gasteiger partial charge in [0.15, 0.2) is 0 Å². The monoisotopic (exact) mass is 215 g/mol. The molecule has 0 bridgehead atoms. The van der Waals surface area contributed by atoms with Crippen LogP contribution in [0.1, 0.15) is 11.1 Å². The van der Waals surface area contributed by atoms with Crippen LogP contribution in [0.3, 0.4) is 0 Å². The first-order chi connectivity index (χ1) is 7.79. The van der Waals surface area contributed by atoms with E-state index in [1.807, 2.05) is 24.5 Å². The van der Waals surface area contributed by atoms with Crippen molar-refractivity contribution >= 4 is 5.69 Å². The van der Waals surface area contributed by atoms with Crippen LogP contribution in [-0.4, -0.2) is 4.98 Å².